The molecule has 0 aliphatic carbocycles. The van der Waals surface area contributed by atoms with Gasteiger partial charge in [0, 0.05) is 36.8 Å². The number of halogens is 1. The van der Waals surface area contributed by atoms with E-state index in [4.69, 9.17) is 0 Å². The molecule has 1 aromatic carbocycles. The Morgan fingerprint density at radius 3 is 2.42 bits per heavy atom. The molecular weight excluding hydrogens is 374 g/mol. The molecule has 6 nitrogen and oxygen atoms in total. The number of fused-ring (bicyclic) bond motifs is 2. The van der Waals surface area contributed by atoms with Crippen LogP contribution < -0.4 is 10.0 Å². The number of rotatable bonds is 5. The fourth-order valence-corrected chi connectivity index (χ4v) is 5.18. The molecule has 2 aliphatic rings. The average molecular weight is 402 g/mol. The first kappa shape index (κ1) is 21.2. The molecule has 0 aromatic heterocycles. The second kappa shape index (κ2) is 8.25. The van der Waals surface area contributed by atoms with Crippen molar-refractivity contribution in [2.24, 2.45) is 0 Å². The van der Waals surface area contributed by atoms with Crippen LogP contribution in [0, 0.1) is 0 Å². The molecule has 8 heteroatoms. The summed E-state index contributed by atoms with van der Waals surface area (Å²) in [6.45, 7) is 3.54. The van der Waals surface area contributed by atoms with Gasteiger partial charge in [0.25, 0.3) is 5.91 Å². The Morgan fingerprint density at radius 1 is 1.23 bits per heavy atom. The van der Waals surface area contributed by atoms with Crippen molar-refractivity contribution >= 4 is 28.3 Å². The molecule has 0 radical (unpaired) electrons. The Hall–Kier alpha value is -1.15. The standard InChI is InChI=1S/C18H27N3O3S.ClH/c1-12(2)20-25(23,24)17-6-4-5-13(9-17)18(22)21(3)16-10-14-7-8-15(11-16)19-14;/h4-6,9,12,14-16,19-20H,7-8,10-11H2,1-3H3;1H. The van der Waals surface area contributed by atoms with E-state index >= 15 is 0 Å². The lowest BCUT2D eigenvalue weighted by Crippen LogP contribution is -2.48. The predicted molar refractivity (Wildman–Crippen MR) is 104 cm³/mol. The van der Waals surface area contributed by atoms with Crippen LogP contribution in [-0.4, -0.2) is 50.4 Å². The molecule has 3 rings (SSSR count). The molecule has 0 spiro atoms. The minimum Gasteiger partial charge on any atom is -0.339 e. The Balaban J connectivity index is 0.00000243. The molecule has 26 heavy (non-hydrogen) atoms. The van der Waals surface area contributed by atoms with Crippen LogP contribution in [0.15, 0.2) is 29.2 Å². The number of carbonyl (C=O) groups excluding carboxylic acids is 1. The van der Waals surface area contributed by atoms with Crippen LogP contribution in [0.3, 0.4) is 0 Å². The van der Waals surface area contributed by atoms with Gasteiger partial charge in [-0.2, -0.15) is 0 Å². The van der Waals surface area contributed by atoms with Crippen molar-refractivity contribution in [1.82, 2.24) is 14.9 Å². The van der Waals surface area contributed by atoms with E-state index in [0.29, 0.717) is 17.6 Å². The van der Waals surface area contributed by atoms with Gasteiger partial charge >= 0.3 is 0 Å². The minimum atomic E-state index is -3.60. The van der Waals surface area contributed by atoms with E-state index < -0.39 is 10.0 Å². The minimum absolute atomic E-state index is 0. The highest BCUT2D eigenvalue weighted by molar-refractivity contribution is 7.89. The van der Waals surface area contributed by atoms with E-state index in [1.807, 2.05) is 7.05 Å². The van der Waals surface area contributed by atoms with Crippen LogP contribution >= 0.6 is 12.4 Å². The zero-order chi connectivity index (χ0) is 18.2. The van der Waals surface area contributed by atoms with E-state index in [0.717, 1.165) is 12.8 Å². The largest absolute Gasteiger partial charge is 0.339 e. The van der Waals surface area contributed by atoms with Crippen LogP contribution in [-0.2, 0) is 10.0 Å². The molecule has 2 N–H and O–H groups in total. The average Bonchev–Trinajstić information content (AvgIpc) is 2.90. The van der Waals surface area contributed by atoms with E-state index in [1.54, 1.807) is 30.9 Å². The maximum absolute atomic E-state index is 12.9. The fraction of sp³-hybridized carbons (Fsp3) is 0.611. The Kier molecular flexibility index (Phi) is 6.71. The molecule has 2 heterocycles. The number of hydrogen-bond acceptors (Lipinski definition) is 4. The van der Waals surface area contributed by atoms with Crippen LogP contribution in [0.1, 0.15) is 49.9 Å². The molecule has 2 unspecified atom stereocenters. The Bertz CT molecular complexity index is 742. The highest BCUT2D eigenvalue weighted by Gasteiger charge is 2.36. The van der Waals surface area contributed by atoms with Gasteiger partial charge in [-0.05, 0) is 57.7 Å². The van der Waals surface area contributed by atoms with Gasteiger partial charge in [0.2, 0.25) is 10.0 Å². The first-order valence-corrected chi connectivity index (χ1v) is 10.4. The molecule has 2 saturated heterocycles. The van der Waals surface area contributed by atoms with Crippen molar-refractivity contribution in [1.29, 1.82) is 0 Å². The van der Waals surface area contributed by atoms with Crippen molar-refractivity contribution in [2.75, 3.05) is 7.05 Å². The lowest BCUT2D eigenvalue weighted by atomic mass is 9.98. The van der Waals surface area contributed by atoms with Gasteiger partial charge < -0.3 is 10.2 Å². The third-order valence-electron chi connectivity index (χ3n) is 5.10. The van der Waals surface area contributed by atoms with Gasteiger partial charge in [-0.25, -0.2) is 13.1 Å². The molecule has 2 atom stereocenters. The Labute approximate surface area is 162 Å². The predicted octanol–water partition coefficient (Wildman–Crippen LogP) is 2.15. The normalized spacial score (nSPS) is 25.0. The van der Waals surface area contributed by atoms with Crippen LogP contribution in [0.25, 0.3) is 0 Å². The number of sulfonamides is 1. The van der Waals surface area contributed by atoms with E-state index in [-0.39, 0.29) is 35.3 Å². The smallest absolute Gasteiger partial charge is 0.253 e. The van der Waals surface area contributed by atoms with Gasteiger partial charge in [-0.15, -0.1) is 12.4 Å². The topological polar surface area (TPSA) is 78.5 Å². The molecule has 2 fully saturated rings. The number of nitrogens with zero attached hydrogens (tertiary/aromatic N) is 1. The molecule has 2 aliphatic heterocycles. The summed E-state index contributed by atoms with van der Waals surface area (Å²) in [4.78, 5) is 14.8. The van der Waals surface area contributed by atoms with Gasteiger partial charge in [0.1, 0.15) is 0 Å². The van der Waals surface area contributed by atoms with Crippen molar-refractivity contribution < 1.29 is 13.2 Å². The number of nitrogens with one attached hydrogen (secondary N) is 2. The lowest BCUT2D eigenvalue weighted by molar-refractivity contribution is 0.0681. The highest BCUT2D eigenvalue weighted by atomic mass is 35.5. The molecular formula is C18H28ClN3O3S. The summed E-state index contributed by atoms with van der Waals surface area (Å²) in [5.41, 5.74) is 0.417. The van der Waals surface area contributed by atoms with Gasteiger partial charge in [-0.1, -0.05) is 6.07 Å². The van der Waals surface area contributed by atoms with Crippen LogP contribution in [0.5, 0.6) is 0 Å². The maximum atomic E-state index is 12.9. The number of carbonyl (C=O) groups is 1. The number of amides is 1. The molecule has 1 amide bonds. The SMILES string of the molecule is CC(C)NS(=O)(=O)c1cccc(C(=O)N(C)C2CC3CCC(C2)N3)c1.Cl. The third kappa shape index (κ3) is 4.57. The van der Waals surface area contributed by atoms with Crippen molar-refractivity contribution in [3.63, 3.8) is 0 Å². The molecule has 0 saturated carbocycles. The van der Waals surface area contributed by atoms with Gasteiger partial charge in [0.05, 0.1) is 4.90 Å². The maximum Gasteiger partial charge on any atom is 0.253 e. The highest BCUT2D eigenvalue weighted by Crippen LogP contribution is 2.30. The van der Waals surface area contributed by atoms with E-state index in [2.05, 4.69) is 10.0 Å². The lowest BCUT2D eigenvalue weighted by Gasteiger charge is -2.35. The van der Waals surface area contributed by atoms with Crippen molar-refractivity contribution in [2.45, 2.75) is 68.6 Å². The second-order valence-corrected chi connectivity index (χ2v) is 9.20. The quantitative estimate of drug-likeness (QED) is 0.792. The molecule has 146 valence electrons. The molecule has 1 aromatic rings. The Morgan fingerprint density at radius 2 is 1.85 bits per heavy atom. The molecule has 2 bridgehead atoms. The van der Waals surface area contributed by atoms with Crippen molar-refractivity contribution in [3.05, 3.63) is 29.8 Å². The second-order valence-electron chi connectivity index (χ2n) is 7.48. The fourth-order valence-electron chi connectivity index (χ4n) is 3.89. The first-order valence-electron chi connectivity index (χ1n) is 8.92. The summed E-state index contributed by atoms with van der Waals surface area (Å²) in [6, 6.07) is 7.32. The van der Waals surface area contributed by atoms with Crippen LogP contribution in [0.2, 0.25) is 0 Å². The summed E-state index contributed by atoms with van der Waals surface area (Å²) < 4.78 is 27.2. The third-order valence-corrected chi connectivity index (χ3v) is 6.75. The van der Waals surface area contributed by atoms with E-state index in [1.165, 1.54) is 25.0 Å². The van der Waals surface area contributed by atoms with Gasteiger partial charge in [0.15, 0.2) is 0 Å². The summed E-state index contributed by atoms with van der Waals surface area (Å²) in [5, 5.41) is 3.58. The summed E-state index contributed by atoms with van der Waals surface area (Å²) in [5.74, 6) is -0.118. The number of piperidine rings is 1. The first-order chi connectivity index (χ1) is 11.8. The van der Waals surface area contributed by atoms with Crippen molar-refractivity contribution in [3.8, 4) is 0 Å². The number of benzene rings is 1. The monoisotopic (exact) mass is 401 g/mol. The summed E-state index contributed by atoms with van der Waals surface area (Å²) in [6.07, 6.45) is 4.28. The van der Waals surface area contributed by atoms with Crippen LogP contribution in [0.4, 0.5) is 0 Å². The zero-order valence-electron chi connectivity index (χ0n) is 15.4. The summed E-state index contributed by atoms with van der Waals surface area (Å²) >= 11 is 0. The van der Waals surface area contributed by atoms with Gasteiger partial charge in [-0.3, -0.25) is 4.79 Å². The zero-order valence-corrected chi connectivity index (χ0v) is 17.1. The van der Waals surface area contributed by atoms with E-state index in [9.17, 15) is 13.2 Å². The summed E-state index contributed by atoms with van der Waals surface area (Å²) in [7, 11) is -1.78. The number of hydrogen-bond donors (Lipinski definition) is 2.